The normalized spacial score (nSPS) is 11.3. The number of phosphoric acid groups is 1. The average Bonchev–Trinajstić information content (AvgIpc) is 2.60. The van der Waals surface area contributed by atoms with E-state index in [9.17, 15) is 19.1 Å². The Morgan fingerprint density at radius 3 is 2.48 bits per heavy atom. The highest BCUT2D eigenvalue weighted by Gasteiger charge is 2.23. The lowest BCUT2D eigenvalue weighted by Gasteiger charge is -2.15. The van der Waals surface area contributed by atoms with Crippen molar-refractivity contribution >= 4 is 46.1 Å². The molecule has 0 aliphatic heterocycles. The number of hydrogen-bond acceptors (Lipinski definition) is 4. The smallest absolute Gasteiger partial charge is 0.495 e. The van der Waals surface area contributed by atoms with Crippen molar-refractivity contribution in [2.75, 3.05) is 12.4 Å². The van der Waals surface area contributed by atoms with Gasteiger partial charge in [0.2, 0.25) is 0 Å². The summed E-state index contributed by atoms with van der Waals surface area (Å²) < 4.78 is 22.1. The van der Waals surface area contributed by atoms with Crippen LogP contribution in [0.3, 0.4) is 0 Å². The summed E-state index contributed by atoms with van der Waals surface area (Å²) in [5.74, 6) is -0.359. The molecule has 0 atom stereocenters. The lowest BCUT2D eigenvalue weighted by Crippen LogP contribution is -2.14. The number of carbonyl (C=O) groups is 1. The molecule has 0 aliphatic rings. The van der Waals surface area contributed by atoms with Gasteiger partial charge in [0.1, 0.15) is 11.5 Å². The summed E-state index contributed by atoms with van der Waals surface area (Å²) in [4.78, 5) is 31.2. The Morgan fingerprint density at radius 2 is 1.78 bits per heavy atom. The van der Waals surface area contributed by atoms with Gasteiger partial charge >= 0.3 is 7.82 Å². The zero-order valence-corrected chi connectivity index (χ0v) is 16.5. The molecule has 0 heterocycles. The Labute approximate surface area is 163 Å². The zero-order chi connectivity index (χ0) is 19.6. The maximum absolute atomic E-state index is 12.8. The van der Waals surface area contributed by atoms with Crippen molar-refractivity contribution in [1.82, 2.24) is 0 Å². The molecule has 7 nitrogen and oxygen atoms in total. The van der Waals surface area contributed by atoms with E-state index in [0.717, 1.165) is 4.47 Å². The van der Waals surface area contributed by atoms with Crippen molar-refractivity contribution < 1.29 is 28.4 Å². The number of ether oxygens (including phenoxy) is 1. The number of amides is 1. The van der Waals surface area contributed by atoms with E-state index in [4.69, 9.17) is 9.26 Å². The van der Waals surface area contributed by atoms with E-state index in [-0.39, 0.29) is 11.3 Å². The maximum Gasteiger partial charge on any atom is 0.524 e. The lowest BCUT2D eigenvalue weighted by atomic mass is 10.1. The van der Waals surface area contributed by atoms with Crippen molar-refractivity contribution in [3.05, 3.63) is 64.6 Å². The van der Waals surface area contributed by atoms with Crippen LogP contribution in [-0.4, -0.2) is 22.8 Å². The molecule has 27 heavy (non-hydrogen) atoms. The van der Waals surface area contributed by atoms with Gasteiger partial charge in [0.05, 0.1) is 18.4 Å². The first-order chi connectivity index (χ1) is 12.8. The molecular formula is C18H15BrNO6P. The number of benzene rings is 3. The van der Waals surface area contributed by atoms with Crippen molar-refractivity contribution in [2.45, 2.75) is 0 Å². The average molecular weight is 452 g/mol. The van der Waals surface area contributed by atoms with Crippen LogP contribution in [0.5, 0.6) is 11.5 Å². The number of phosphoric ester groups is 1. The van der Waals surface area contributed by atoms with Crippen LogP contribution in [0.15, 0.2) is 59.1 Å². The van der Waals surface area contributed by atoms with Gasteiger partial charge in [0.15, 0.2) is 0 Å². The summed E-state index contributed by atoms with van der Waals surface area (Å²) in [5, 5.41) is 4.04. The SMILES string of the molecule is COc1ccccc1NC(=O)c1cc2cc(Br)ccc2cc1OP(=O)(O)O. The van der Waals surface area contributed by atoms with Crippen LogP contribution >= 0.6 is 23.8 Å². The minimum atomic E-state index is -4.85. The fourth-order valence-corrected chi connectivity index (χ4v) is 3.35. The fraction of sp³-hybridized carbons (Fsp3) is 0.0556. The van der Waals surface area contributed by atoms with Crippen molar-refractivity contribution in [1.29, 1.82) is 0 Å². The van der Waals surface area contributed by atoms with Crippen LogP contribution in [-0.2, 0) is 4.57 Å². The van der Waals surface area contributed by atoms with Gasteiger partial charge in [0.25, 0.3) is 5.91 Å². The van der Waals surface area contributed by atoms with E-state index in [2.05, 4.69) is 21.2 Å². The third kappa shape index (κ3) is 4.67. The van der Waals surface area contributed by atoms with Gasteiger partial charge in [-0.1, -0.05) is 34.1 Å². The van der Waals surface area contributed by atoms with Crippen molar-refractivity contribution in [3.63, 3.8) is 0 Å². The van der Waals surface area contributed by atoms with Gasteiger partial charge in [-0.05, 0) is 47.2 Å². The van der Waals surface area contributed by atoms with E-state index in [1.54, 1.807) is 42.5 Å². The Kier molecular flexibility index (Phi) is 5.53. The van der Waals surface area contributed by atoms with Crippen molar-refractivity contribution in [3.8, 4) is 11.5 Å². The van der Waals surface area contributed by atoms with Gasteiger partial charge in [-0.25, -0.2) is 4.57 Å². The Bertz CT molecular complexity index is 1060. The third-order valence-corrected chi connectivity index (χ3v) is 4.65. The second-order valence-electron chi connectivity index (χ2n) is 5.58. The highest BCUT2D eigenvalue weighted by molar-refractivity contribution is 9.10. The lowest BCUT2D eigenvalue weighted by molar-refractivity contribution is 0.102. The third-order valence-electron chi connectivity index (χ3n) is 3.72. The molecule has 0 bridgehead atoms. The van der Waals surface area contributed by atoms with Crippen LogP contribution in [0.4, 0.5) is 5.69 Å². The van der Waals surface area contributed by atoms with Crippen LogP contribution in [0.2, 0.25) is 0 Å². The Balaban J connectivity index is 2.08. The molecule has 0 fully saturated rings. The van der Waals surface area contributed by atoms with E-state index >= 15 is 0 Å². The number of halogens is 1. The number of hydrogen-bond donors (Lipinski definition) is 3. The maximum atomic E-state index is 12.8. The van der Waals surface area contributed by atoms with E-state index in [0.29, 0.717) is 22.2 Å². The Morgan fingerprint density at radius 1 is 1.04 bits per heavy atom. The molecule has 3 aromatic carbocycles. The molecular weight excluding hydrogens is 437 g/mol. The van der Waals surface area contributed by atoms with Crippen molar-refractivity contribution in [2.24, 2.45) is 0 Å². The van der Waals surface area contributed by atoms with Crippen LogP contribution in [0.1, 0.15) is 10.4 Å². The van der Waals surface area contributed by atoms with Gasteiger partial charge in [-0.3, -0.25) is 14.6 Å². The van der Waals surface area contributed by atoms with Gasteiger partial charge < -0.3 is 14.6 Å². The second kappa shape index (κ2) is 7.70. The highest BCUT2D eigenvalue weighted by Crippen LogP contribution is 2.41. The quantitative estimate of drug-likeness (QED) is 0.498. The Hall–Kier alpha value is -2.38. The number of rotatable bonds is 5. The second-order valence-corrected chi connectivity index (χ2v) is 7.66. The molecule has 0 saturated heterocycles. The first kappa shape index (κ1) is 19.4. The molecule has 9 heteroatoms. The number of nitrogens with one attached hydrogen (secondary N) is 1. The number of fused-ring (bicyclic) bond motifs is 1. The standard InChI is InChI=1S/C18H15BrNO6P/c1-25-16-5-3-2-4-15(16)20-18(21)14-9-12-8-13(19)7-6-11(12)10-17(14)26-27(22,23)24/h2-10H,1H3,(H,20,21)(H2,22,23,24). The van der Waals surface area contributed by atoms with E-state index < -0.39 is 13.7 Å². The van der Waals surface area contributed by atoms with Gasteiger partial charge in [-0.2, -0.15) is 0 Å². The van der Waals surface area contributed by atoms with Gasteiger partial charge in [-0.15, -0.1) is 0 Å². The summed E-state index contributed by atoms with van der Waals surface area (Å²) in [7, 11) is -3.38. The van der Waals surface area contributed by atoms with E-state index in [1.165, 1.54) is 19.2 Å². The topological polar surface area (TPSA) is 105 Å². The molecule has 3 aromatic rings. The number of methoxy groups -OCH3 is 1. The molecule has 0 unspecified atom stereocenters. The predicted molar refractivity (Wildman–Crippen MR) is 105 cm³/mol. The molecule has 0 saturated carbocycles. The monoisotopic (exact) mass is 451 g/mol. The summed E-state index contributed by atoms with van der Waals surface area (Å²) in [6.45, 7) is 0. The number of para-hydroxylation sites is 2. The van der Waals surface area contributed by atoms with Crippen LogP contribution in [0.25, 0.3) is 10.8 Å². The molecule has 0 radical (unpaired) electrons. The minimum Gasteiger partial charge on any atom is -0.495 e. The summed E-state index contributed by atoms with van der Waals surface area (Å²) >= 11 is 3.36. The predicted octanol–water partition coefficient (Wildman–Crippen LogP) is 4.33. The number of carbonyl (C=O) groups excluding carboxylic acids is 1. The van der Waals surface area contributed by atoms with Crippen LogP contribution < -0.4 is 14.6 Å². The molecule has 3 N–H and O–H groups in total. The van der Waals surface area contributed by atoms with Gasteiger partial charge in [0, 0.05) is 4.47 Å². The molecule has 0 spiro atoms. The minimum absolute atomic E-state index is 0.0187. The largest absolute Gasteiger partial charge is 0.524 e. The molecule has 0 aromatic heterocycles. The zero-order valence-electron chi connectivity index (χ0n) is 14.0. The fourth-order valence-electron chi connectivity index (χ4n) is 2.57. The molecule has 140 valence electrons. The number of anilines is 1. The molecule has 3 rings (SSSR count). The highest BCUT2D eigenvalue weighted by atomic mass is 79.9. The summed E-state index contributed by atoms with van der Waals surface area (Å²) in [6, 6.07) is 15.0. The molecule has 1 amide bonds. The summed E-state index contributed by atoms with van der Waals surface area (Å²) in [5.41, 5.74) is 0.399. The first-order valence-electron chi connectivity index (χ1n) is 7.69. The van der Waals surface area contributed by atoms with Crippen LogP contribution in [0, 0.1) is 0 Å². The first-order valence-corrected chi connectivity index (χ1v) is 10.0. The van der Waals surface area contributed by atoms with E-state index in [1.807, 2.05) is 0 Å². The molecule has 0 aliphatic carbocycles. The summed E-state index contributed by atoms with van der Waals surface area (Å²) in [6.07, 6.45) is 0.